The third kappa shape index (κ3) is 2.48. The summed E-state index contributed by atoms with van der Waals surface area (Å²) in [7, 11) is -1.22. The van der Waals surface area contributed by atoms with Crippen molar-refractivity contribution in [3.8, 4) is 0 Å². The van der Waals surface area contributed by atoms with Gasteiger partial charge in [0, 0.05) is 0 Å². The van der Waals surface area contributed by atoms with Gasteiger partial charge in [-0.05, 0) is 40.6 Å². The number of nitrogen functional groups attached to an aromatic ring is 1. The summed E-state index contributed by atoms with van der Waals surface area (Å²) in [4.78, 5) is 0.493. The molecule has 2 rings (SSSR count). The van der Waals surface area contributed by atoms with Gasteiger partial charge in [-0.15, -0.1) is 0 Å². The lowest BCUT2D eigenvalue weighted by atomic mass is 10.3. The summed E-state index contributed by atoms with van der Waals surface area (Å²) in [6.07, 6.45) is 0. The fourth-order valence-electron chi connectivity index (χ4n) is 1.33. The van der Waals surface area contributed by atoms with E-state index in [1.54, 1.807) is 11.3 Å². The Balaban J connectivity index is 2.21. The zero-order valence-electron chi connectivity index (χ0n) is 8.35. The van der Waals surface area contributed by atoms with Crippen molar-refractivity contribution in [2.75, 3.05) is 5.73 Å². The average molecular weight is 255 g/mol. The van der Waals surface area contributed by atoms with Crippen LogP contribution in [-0.2, 0) is 16.6 Å². The van der Waals surface area contributed by atoms with Gasteiger partial charge >= 0.3 is 0 Å². The fourth-order valence-corrected chi connectivity index (χ4v) is 3.28. The molecule has 0 radical (unpaired) electrons. The highest BCUT2D eigenvalue weighted by molar-refractivity contribution is 7.84. The summed E-state index contributed by atoms with van der Waals surface area (Å²) >= 11 is 1.56. The lowest BCUT2D eigenvalue weighted by Gasteiger charge is -2.04. The number of halogens is 1. The van der Waals surface area contributed by atoms with Gasteiger partial charge in [-0.2, -0.15) is 11.3 Å². The summed E-state index contributed by atoms with van der Waals surface area (Å²) in [6, 6.07) is 5.87. The number of hydrogen-bond donors (Lipinski definition) is 1. The maximum atomic E-state index is 12.8. The van der Waals surface area contributed by atoms with Gasteiger partial charge in [-0.1, -0.05) is 0 Å². The molecule has 0 bridgehead atoms. The Bertz CT molecular complexity index is 511. The van der Waals surface area contributed by atoms with E-state index in [1.807, 2.05) is 16.8 Å². The first-order chi connectivity index (χ1) is 7.66. The van der Waals surface area contributed by atoms with Crippen molar-refractivity contribution < 1.29 is 8.60 Å². The Kier molecular flexibility index (Phi) is 3.36. The molecule has 1 aromatic carbocycles. The van der Waals surface area contributed by atoms with Crippen molar-refractivity contribution in [2.45, 2.75) is 10.6 Å². The van der Waals surface area contributed by atoms with E-state index in [4.69, 9.17) is 5.73 Å². The molecule has 0 spiro atoms. The Labute approximate surface area is 99.4 Å². The van der Waals surface area contributed by atoms with Crippen LogP contribution < -0.4 is 5.73 Å². The molecule has 2 aromatic rings. The van der Waals surface area contributed by atoms with E-state index in [0.29, 0.717) is 10.6 Å². The minimum atomic E-state index is -1.22. The van der Waals surface area contributed by atoms with Gasteiger partial charge in [0.25, 0.3) is 0 Å². The Morgan fingerprint density at radius 1 is 1.38 bits per heavy atom. The van der Waals surface area contributed by atoms with Crippen LogP contribution in [0.5, 0.6) is 0 Å². The van der Waals surface area contributed by atoms with Crippen LogP contribution in [0.25, 0.3) is 0 Å². The molecule has 1 heterocycles. The van der Waals surface area contributed by atoms with Gasteiger partial charge in [-0.3, -0.25) is 4.21 Å². The first kappa shape index (κ1) is 11.3. The molecule has 2 N–H and O–H groups in total. The van der Waals surface area contributed by atoms with Gasteiger partial charge in [0.05, 0.1) is 27.1 Å². The van der Waals surface area contributed by atoms with Crippen molar-refractivity contribution in [3.63, 3.8) is 0 Å². The first-order valence-corrected chi connectivity index (χ1v) is 6.87. The molecule has 2 nitrogen and oxygen atoms in total. The van der Waals surface area contributed by atoms with Crippen LogP contribution >= 0.6 is 11.3 Å². The highest BCUT2D eigenvalue weighted by Gasteiger charge is 2.09. The van der Waals surface area contributed by atoms with E-state index in [2.05, 4.69) is 0 Å². The number of thiophene rings is 1. The van der Waals surface area contributed by atoms with Gasteiger partial charge in [0.1, 0.15) is 5.82 Å². The third-order valence-corrected chi connectivity index (χ3v) is 4.28. The molecule has 0 aliphatic carbocycles. The summed E-state index contributed by atoms with van der Waals surface area (Å²) in [5, 5.41) is 3.87. The zero-order chi connectivity index (χ0) is 11.5. The SMILES string of the molecule is Nc1cc(F)ccc1S(=O)Cc1ccsc1. The largest absolute Gasteiger partial charge is 0.398 e. The normalized spacial score (nSPS) is 12.6. The van der Waals surface area contributed by atoms with E-state index < -0.39 is 16.6 Å². The van der Waals surface area contributed by atoms with Crippen LogP contribution in [0.1, 0.15) is 5.56 Å². The van der Waals surface area contributed by atoms with Crippen LogP contribution in [0, 0.1) is 5.82 Å². The molecule has 1 atom stereocenters. The molecule has 0 aliphatic heterocycles. The molecule has 1 unspecified atom stereocenters. The number of nitrogens with two attached hydrogens (primary N) is 1. The second-order valence-electron chi connectivity index (χ2n) is 3.30. The van der Waals surface area contributed by atoms with Gasteiger partial charge in [-0.25, -0.2) is 4.39 Å². The second-order valence-corrected chi connectivity index (χ2v) is 5.50. The smallest absolute Gasteiger partial charge is 0.125 e. The summed E-state index contributed by atoms with van der Waals surface area (Å²) in [6.45, 7) is 0. The maximum Gasteiger partial charge on any atom is 0.125 e. The lowest BCUT2D eigenvalue weighted by Crippen LogP contribution is -2.00. The minimum absolute atomic E-state index is 0.244. The Hall–Kier alpha value is -1.20. The molecular weight excluding hydrogens is 245 g/mol. The van der Waals surface area contributed by atoms with Gasteiger partial charge in [0.15, 0.2) is 0 Å². The fraction of sp³-hybridized carbons (Fsp3) is 0.0909. The van der Waals surface area contributed by atoms with Crippen LogP contribution in [0.4, 0.5) is 10.1 Å². The van der Waals surface area contributed by atoms with Gasteiger partial charge in [0.2, 0.25) is 0 Å². The number of hydrogen-bond acceptors (Lipinski definition) is 3. The number of rotatable bonds is 3. The van der Waals surface area contributed by atoms with E-state index in [-0.39, 0.29) is 5.69 Å². The highest BCUT2D eigenvalue weighted by Crippen LogP contribution is 2.20. The molecule has 0 aliphatic rings. The Morgan fingerprint density at radius 2 is 2.19 bits per heavy atom. The van der Waals surface area contributed by atoms with Crippen LogP contribution in [0.15, 0.2) is 39.9 Å². The molecule has 0 saturated heterocycles. The number of anilines is 1. The van der Waals surface area contributed by atoms with Crippen molar-refractivity contribution >= 4 is 27.8 Å². The predicted octanol–water partition coefficient (Wildman–Crippen LogP) is 2.78. The van der Waals surface area contributed by atoms with E-state index in [9.17, 15) is 8.60 Å². The molecule has 16 heavy (non-hydrogen) atoms. The summed E-state index contributed by atoms with van der Waals surface area (Å²) < 4.78 is 24.8. The number of benzene rings is 1. The first-order valence-electron chi connectivity index (χ1n) is 4.61. The van der Waals surface area contributed by atoms with Crippen molar-refractivity contribution in [3.05, 3.63) is 46.4 Å². The second kappa shape index (κ2) is 4.76. The third-order valence-electron chi connectivity index (χ3n) is 2.09. The molecule has 84 valence electrons. The molecule has 5 heteroatoms. The molecule has 1 aromatic heterocycles. The van der Waals surface area contributed by atoms with E-state index >= 15 is 0 Å². The van der Waals surface area contributed by atoms with Crippen molar-refractivity contribution in [2.24, 2.45) is 0 Å². The zero-order valence-corrected chi connectivity index (χ0v) is 9.98. The van der Waals surface area contributed by atoms with Crippen LogP contribution in [-0.4, -0.2) is 4.21 Å². The topological polar surface area (TPSA) is 43.1 Å². The molecular formula is C11H10FNOS2. The van der Waals surface area contributed by atoms with Crippen LogP contribution in [0.2, 0.25) is 0 Å². The Morgan fingerprint density at radius 3 is 2.81 bits per heavy atom. The van der Waals surface area contributed by atoms with E-state index in [1.165, 1.54) is 18.2 Å². The predicted molar refractivity (Wildman–Crippen MR) is 65.2 cm³/mol. The van der Waals surface area contributed by atoms with E-state index in [0.717, 1.165) is 5.56 Å². The highest BCUT2D eigenvalue weighted by atomic mass is 32.2. The van der Waals surface area contributed by atoms with Gasteiger partial charge < -0.3 is 5.73 Å². The van der Waals surface area contributed by atoms with Crippen LogP contribution in [0.3, 0.4) is 0 Å². The average Bonchev–Trinajstić information content (AvgIpc) is 2.70. The molecule has 0 fully saturated rings. The molecule has 0 amide bonds. The quantitative estimate of drug-likeness (QED) is 0.857. The molecule has 0 saturated carbocycles. The maximum absolute atomic E-state index is 12.8. The monoisotopic (exact) mass is 255 g/mol. The van der Waals surface area contributed by atoms with Crippen molar-refractivity contribution in [1.29, 1.82) is 0 Å². The standard InChI is InChI=1S/C11H10FNOS2/c12-9-1-2-11(10(13)5-9)16(14)7-8-3-4-15-6-8/h1-6H,7,13H2. The lowest BCUT2D eigenvalue weighted by molar-refractivity contribution is 0.627. The van der Waals surface area contributed by atoms with Crippen molar-refractivity contribution in [1.82, 2.24) is 0 Å². The minimum Gasteiger partial charge on any atom is -0.398 e. The summed E-state index contributed by atoms with van der Waals surface area (Å²) in [5.41, 5.74) is 6.87. The summed E-state index contributed by atoms with van der Waals surface area (Å²) in [5.74, 6) is 0.00747.